The number of nitrogens with one attached hydrogen (secondary N) is 1. The van der Waals surface area contributed by atoms with E-state index in [1.165, 1.54) is 19.9 Å². The van der Waals surface area contributed by atoms with Crippen LogP contribution in [0.15, 0.2) is 12.3 Å². The molecule has 2 unspecified atom stereocenters. The van der Waals surface area contributed by atoms with E-state index < -0.39 is 47.1 Å². The Morgan fingerprint density at radius 3 is 2.45 bits per heavy atom. The van der Waals surface area contributed by atoms with E-state index in [0.29, 0.717) is 23.4 Å². The number of ether oxygens (including phenoxy) is 1. The van der Waals surface area contributed by atoms with E-state index in [2.05, 4.69) is 10.4 Å². The van der Waals surface area contributed by atoms with Gasteiger partial charge in [-0.3, -0.25) is 9.18 Å². The second-order valence-electron chi connectivity index (χ2n) is 10.4. The van der Waals surface area contributed by atoms with Crippen LogP contribution >= 0.6 is 0 Å². The normalized spacial score (nSPS) is 31.2. The van der Waals surface area contributed by atoms with Gasteiger partial charge in [-0.15, -0.1) is 0 Å². The van der Waals surface area contributed by atoms with Gasteiger partial charge in [0.05, 0.1) is 18.4 Å². The summed E-state index contributed by atoms with van der Waals surface area (Å²) in [6, 6.07) is -0.316. The highest BCUT2D eigenvalue weighted by molar-refractivity contribution is 5.95. The van der Waals surface area contributed by atoms with E-state index in [1.807, 2.05) is 0 Å². The zero-order chi connectivity index (χ0) is 24.2. The van der Waals surface area contributed by atoms with Crippen molar-refractivity contribution in [2.45, 2.75) is 63.8 Å². The van der Waals surface area contributed by atoms with Gasteiger partial charge in [0.15, 0.2) is 5.69 Å². The fourth-order valence-corrected chi connectivity index (χ4v) is 5.99. The molecule has 4 fully saturated rings. The van der Waals surface area contributed by atoms with Crippen molar-refractivity contribution in [2.24, 2.45) is 28.9 Å². The first-order valence-corrected chi connectivity index (χ1v) is 11.0. The molecule has 11 heteroatoms. The summed E-state index contributed by atoms with van der Waals surface area (Å²) in [5, 5.41) is 6.53. The first-order valence-electron chi connectivity index (χ1n) is 11.0. The number of primary amides is 1. The highest BCUT2D eigenvalue weighted by atomic mass is 19.4. The molecule has 7 nitrogen and oxygen atoms in total. The van der Waals surface area contributed by atoms with Gasteiger partial charge in [-0.1, -0.05) is 19.9 Å². The Morgan fingerprint density at radius 2 is 1.91 bits per heavy atom. The minimum Gasteiger partial charge on any atom is -0.443 e. The van der Waals surface area contributed by atoms with Crippen LogP contribution in [0, 0.1) is 23.2 Å². The molecule has 4 bridgehead atoms. The number of hydrogen-bond acceptors (Lipinski definition) is 4. The van der Waals surface area contributed by atoms with Crippen molar-refractivity contribution >= 4 is 18.2 Å². The molecule has 5 rings (SSSR count). The van der Waals surface area contributed by atoms with Crippen LogP contribution in [-0.2, 0) is 10.9 Å². The molecule has 0 spiro atoms. The van der Waals surface area contributed by atoms with Crippen molar-refractivity contribution < 1.29 is 31.9 Å². The SMILES string of the molecule is CC(C)(/C=C/n1ncc(C(=O)NC2C3CC4CC2CC(OC(N)=O)(C4)C3)c1C(F)(F)F)CF. The second-order valence-corrected chi connectivity index (χ2v) is 10.4. The van der Waals surface area contributed by atoms with Crippen molar-refractivity contribution in [3.05, 3.63) is 23.5 Å². The number of halogens is 4. The van der Waals surface area contributed by atoms with Crippen LogP contribution in [0.5, 0.6) is 0 Å². The van der Waals surface area contributed by atoms with Gasteiger partial charge < -0.3 is 15.8 Å². The molecule has 33 heavy (non-hydrogen) atoms. The number of nitrogens with two attached hydrogens (primary N) is 1. The number of alkyl halides is 4. The molecule has 0 aliphatic heterocycles. The zero-order valence-corrected chi connectivity index (χ0v) is 18.5. The Bertz CT molecular complexity index is 955. The Labute approximate surface area is 188 Å². The molecule has 1 aromatic rings. The molecule has 4 aliphatic carbocycles. The quantitative estimate of drug-likeness (QED) is 0.608. The Hall–Kier alpha value is -2.59. The lowest BCUT2D eigenvalue weighted by atomic mass is 9.52. The van der Waals surface area contributed by atoms with E-state index >= 15 is 0 Å². The highest BCUT2D eigenvalue weighted by Crippen LogP contribution is 2.57. The molecule has 4 saturated carbocycles. The predicted octanol–water partition coefficient (Wildman–Crippen LogP) is 4.14. The molecular weight excluding hydrogens is 444 g/mol. The molecule has 2 amide bonds. The van der Waals surface area contributed by atoms with Gasteiger partial charge in [0.25, 0.3) is 5.91 Å². The van der Waals surface area contributed by atoms with Gasteiger partial charge in [-0.2, -0.15) is 18.3 Å². The summed E-state index contributed by atoms with van der Waals surface area (Å²) in [5.74, 6) is -0.523. The van der Waals surface area contributed by atoms with Crippen LogP contribution < -0.4 is 11.1 Å². The smallest absolute Gasteiger partial charge is 0.434 e. The number of rotatable bonds is 6. The maximum atomic E-state index is 13.8. The third-order valence-corrected chi connectivity index (χ3v) is 7.15. The third kappa shape index (κ3) is 4.59. The number of amides is 2. The average Bonchev–Trinajstić information content (AvgIpc) is 3.12. The number of nitrogens with zero attached hydrogens (tertiary/aromatic N) is 2. The lowest BCUT2D eigenvalue weighted by molar-refractivity contribution is -0.143. The fourth-order valence-electron chi connectivity index (χ4n) is 5.99. The summed E-state index contributed by atoms with van der Waals surface area (Å²) in [4.78, 5) is 24.4. The molecular formula is C22H28F4N4O3. The Kier molecular flexibility index (Phi) is 5.73. The van der Waals surface area contributed by atoms with Crippen molar-refractivity contribution in [1.82, 2.24) is 15.1 Å². The maximum Gasteiger partial charge on any atom is 0.434 e. The number of carbonyl (C=O) groups excluding carboxylic acids is 2. The average molecular weight is 472 g/mol. The monoisotopic (exact) mass is 472 g/mol. The molecule has 2 atom stereocenters. The lowest BCUT2D eigenvalue weighted by Gasteiger charge is -2.58. The van der Waals surface area contributed by atoms with Gasteiger partial charge in [0.1, 0.15) is 5.60 Å². The minimum atomic E-state index is -4.84. The van der Waals surface area contributed by atoms with Crippen molar-refractivity contribution in [3.8, 4) is 0 Å². The summed E-state index contributed by atoms with van der Waals surface area (Å²) in [6.07, 6.45) is 0.964. The number of carbonyl (C=O) groups is 2. The van der Waals surface area contributed by atoms with Crippen molar-refractivity contribution in [1.29, 1.82) is 0 Å². The molecule has 0 aromatic carbocycles. The van der Waals surface area contributed by atoms with Crippen LogP contribution in [0.1, 0.15) is 62.0 Å². The first kappa shape index (κ1) is 23.6. The van der Waals surface area contributed by atoms with Crippen molar-refractivity contribution in [3.63, 3.8) is 0 Å². The highest BCUT2D eigenvalue weighted by Gasteiger charge is 2.57. The van der Waals surface area contributed by atoms with Crippen LogP contribution in [-0.4, -0.2) is 40.1 Å². The summed E-state index contributed by atoms with van der Waals surface area (Å²) < 4.78 is 60.6. The molecule has 182 valence electrons. The molecule has 1 aromatic heterocycles. The number of hydrogen-bond donors (Lipinski definition) is 2. The molecule has 0 radical (unpaired) electrons. The van der Waals surface area contributed by atoms with E-state index in [0.717, 1.165) is 31.7 Å². The van der Waals surface area contributed by atoms with Gasteiger partial charge in [0, 0.05) is 17.7 Å². The Balaban J connectivity index is 1.56. The Morgan fingerprint density at radius 1 is 1.27 bits per heavy atom. The van der Waals surface area contributed by atoms with Crippen LogP contribution in [0.25, 0.3) is 6.20 Å². The lowest BCUT2D eigenvalue weighted by Crippen LogP contribution is -2.63. The summed E-state index contributed by atoms with van der Waals surface area (Å²) in [6.45, 7) is 2.32. The topological polar surface area (TPSA) is 99.2 Å². The summed E-state index contributed by atoms with van der Waals surface area (Å²) in [7, 11) is 0. The molecule has 0 saturated heterocycles. The summed E-state index contributed by atoms with van der Waals surface area (Å²) in [5.41, 5.74) is 1.85. The minimum absolute atomic E-state index is 0.00539. The van der Waals surface area contributed by atoms with Crippen LogP contribution in [0.4, 0.5) is 22.4 Å². The van der Waals surface area contributed by atoms with Gasteiger partial charge >= 0.3 is 12.3 Å². The summed E-state index contributed by atoms with van der Waals surface area (Å²) >= 11 is 0. The third-order valence-electron chi connectivity index (χ3n) is 7.15. The van der Waals surface area contributed by atoms with Gasteiger partial charge in [0.2, 0.25) is 0 Å². The first-order chi connectivity index (χ1) is 15.3. The van der Waals surface area contributed by atoms with E-state index in [9.17, 15) is 27.2 Å². The molecule has 1 heterocycles. The number of allylic oxidation sites excluding steroid dienone is 1. The van der Waals surface area contributed by atoms with Crippen molar-refractivity contribution in [2.75, 3.05) is 6.67 Å². The standard InChI is InChI=1S/C22H28F4N4O3/c1-20(2,11-23)3-4-30-17(22(24,25)26)15(10-28-30)18(31)29-16-13-5-12-6-14(16)9-21(7-12,8-13)33-19(27)32/h3-4,10,12-14,16H,5-9,11H2,1-2H3,(H2,27,32)(H,29,31)/b4-3+. The van der Waals surface area contributed by atoms with Crippen LogP contribution in [0.2, 0.25) is 0 Å². The maximum absolute atomic E-state index is 13.8. The van der Waals surface area contributed by atoms with Gasteiger partial charge in [-0.05, 0) is 49.9 Å². The number of aromatic nitrogens is 2. The van der Waals surface area contributed by atoms with E-state index in [4.69, 9.17) is 10.5 Å². The van der Waals surface area contributed by atoms with Gasteiger partial charge in [-0.25, -0.2) is 9.48 Å². The van der Waals surface area contributed by atoms with Crippen LogP contribution in [0.3, 0.4) is 0 Å². The second kappa shape index (κ2) is 8.02. The van der Waals surface area contributed by atoms with E-state index in [-0.39, 0.29) is 17.9 Å². The largest absolute Gasteiger partial charge is 0.443 e. The predicted molar refractivity (Wildman–Crippen MR) is 111 cm³/mol. The van der Waals surface area contributed by atoms with E-state index in [1.54, 1.807) is 0 Å². The molecule has 3 N–H and O–H groups in total. The molecule has 4 aliphatic rings. The fraction of sp³-hybridized carbons (Fsp3) is 0.682. The zero-order valence-electron chi connectivity index (χ0n) is 18.5.